The topological polar surface area (TPSA) is 111 Å². The number of carbonyl (C=O) groups excluding carboxylic acids is 2. The van der Waals surface area contributed by atoms with Crippen LogP contribution in [0.3, 0.4) is 0 Å². The van der Waals surface area contributed by atoms with Gasteiger partial charge in [-0.15, -0.1) is 0 Å². The first kappa shape index (κ1) is 73.9. The molecule has 2 unspecified atom stereocenters. The van der Waals surface area contributed by atoms with Crippen molar-refractivity contribution < 1.29 is 42.1 Å². The van der Waals surface area contributed by atoms with Crippen molar-refractivity contribution in [1.29, 1.82) is 0 Å². The molecule has 0 aliphatic heterocycles. The first-order valence-corrected chi connectivity index (χ1v) is 32.9. The van der Waals surface area contributed by atoms with Gasteiger partial charge in [-0.25, -0.2) is 0 Å². The largest absolute Gasteiger partial charge is 0.756 e. The Hall–Kier alpha value is -3.07. The molecule has 0 aliphatic carbocycles. The maximum Gasteiger partial charge on any atom is 0.306 e. The highest BCUT2D eigenvalue weighted by Crippen LogP contribution is 2.38. The molecule has 10 heteroatoms. The van der Waals surface area contributed by atoms with Gasteiger partial charge in [0.2, 0.25) is 0 Å². The second kappa shape index (κ2) is 57.6. The first-order chi connectivity index (χ1) is 37.5. The van der Waals surface area contributed by atoms with E-state index in [1.807, 2.05) is 21.1 Å². The summed E-state index contributed by atoms with van der Waals surface area (Å²) in [4.78, 5) is 37.9. The third kappa shape index (κ3) is 62.0. The Morgan fingerprint density at radius 2 is 0.740 bits per heavy atom. The number of esters is 2. The fourth-order valence-electron chi connectivity index (χ4n) is 8.56. The van der Waals surface area contributed by atoms with Crippen molar-refractivity contribution in [2.75, 3.05) is 47.5 Å². The van der Waals surface area contributed by atoms with Gasteiger partial charge in [0.1, 0.15) is 19.8 Å². The molecule has 0 aromatic heterocycles. The number of unbranched alkanes of at least 4 members (excludes halogenated alkanes) is 27. The summed E-state index contributed by atoms with van der Waals surface area (Å²) in [5.41, 5.74) is 0. The molecule has 0 N–H and O–H groups in total. The van der Waals surface area contributed by atoms with Crippen LogP contribution in [-0.2, 0) is 32.7 Å². The van der Waals surface area contributed by atoms with Gasteiger partial charge < -0.3 is 27.9 Å². The predicted octanol–water partition coefficient (Wildman–Crippen LogP) is 19.4. The highest BCUT2D eigenvalue weighted by molar-refractivity contribution is 7.45. The average Bonchev–Trinajstić information content (AvgIpc) is 3.39. The number of phosphoric acid groups is 1. The molecular weight excluding hydrogens is 978 g/mol. The minimum atomic E-state index is -4.64. The van der Waals surface area contributed by atoms with Gasteiger partial charge in [0.25, 0.3) is 7.82 Å². The third-order valence-electron chi connectivity index (χ3n) is 13.4. The Morgan fingerprint density at radius 3 is 1.10 bits per heavy atom. The van der Waals surface area contributed by atoms with Gasteiger partial charge in [-0.2, -0.15) is 0 Å². The van der Waals surface area contributed by atoms with Gasteiger partial charge in [0.05, 0.1) is 27.7 Å². The van der Waals surface area contributed by atoms with E-state index in [2.05, 4.69) is 111 Å². The van der Waals surface area contributed by atoms with Crippen molar-refractivity contribution in [2.45, 2.75) is 270 Å². The highest BCUT2D eigenvalue weighted by atomic mass is 31.2. The van der Waals surface area contributed by atoms with Crippen molar-refractivity contribution in [3.63, 3.8) is 0 Å². The van der Waals surface area contributed by atoms with Gasteiger partial charge >= 0.3 is 11.9 Å². The maximum absolute atomic E-state index is 12.8. The molecule has 0 aromatic rings. The zero-order valence-electron chi connectivity index (χ0n) is 50.4. The van der Waals surface area contributed by atoms with Crippen LogP contribution in [0.25, 0.3) is 0 Å². The molecule has 0 aliphatic rings. The van der Waals surface area contributed by atoms with Crippen LogP contribution >= 0.6 is 7.82 Å². The van der Waals surface area contributed by atoms with E-state index in [9.17, 15) is 19.0 Å². The summed E-state index contributed by atoms with van der Waals surface area (Å²) >= 11 is 0. The Kier molecular flexibility index (Phi) is 55.3. The monoisotopic (exact) mass is 1100 g/mol. The number of carbonyl (C=O) groups is 2. The van der Waals surface area contributed by atoms with Crippen molar-refractivity contribution in [1.82, 2.24) is 0 Å². The van der Waals surface area contributed by atoms with Crippen molar-refractivity contribution in [3.8, 4) is 0 Å². The molecule has 0 radical (unpaired) electrons. The van der Waals surface area contributed by atoms with E-state index in [-0.39, 0.29) is 32.0 Å². The number of hydrogen-bond donors (Lipinski definition) is 0. The number of ether oxygens (including phenoxy) is 2. The molecule has 9 nitrogen and oxygen atoms in total. The van der Waals surface area contributed by atoms with E-state index >= 15 is 0 Å². The van der Waals surface area contributed by atoms with E-state index in [1.54, 1.807) is 0 Å². The van der Waals surface area contributed by atoms with E-state index in [4.69, 9.17) is 18.5 Å². The number of likely N-dealkylation sites (N-methyl/N-ethyl adjacent to an activating group) is 1. The van der Waals surface area contributed by atoms with E-state index in [1.165, 1.54) is 135 Å². The third-order valence-corrected chi connectivity index (χ3v) is 14.3. The zero-order valence-corrected chi connectivity index (χ0v) is 51.3. The van der Waals surface area contributed by atoms with Crippen LogP contribution in [0.5, 0.6) is 0 Å². The van der Waals surface area contributed by atoms with Crippen LogP contribution in [0.4, 0.5) is 0 Å². The number of allylic oxidation sites excluding steroid dienone is 16. The molecule has 0 rings (SSSR count). The minimum Gasteiger partial charge on any atom is -0.756 e. The Balaban J connectivity index is 4.12. The van der Waals surface area contributed by atoms with Crippen LogP contribution in [0, 0.1) is 0 Å². The normalized spacial score (nSPS) is 13.9. The summed E-state index contributed by atoms with van der Waals surface area (Å²) in [6, 6.07) is 0. The van der Waals surface area contributed by atoms with Crippen molar-refractivity contribution >= 4 is 19.8 Å². The van der Waals surface area contributed by atoms with Crippen molar-refractivity contribution in [2.24, 2.45) is 0 Å². The van der Waals surface area contributed by atoms with Gasteiger partial charge in [-0.3, -0.25) is 14.2 Å². The summed E-state index contributed by atoms with van der Waals surface area (Å²) in [5, 5.41) is 0. The molecule has 0 fully saturated rings. The van der Waals surface area contributed by atoms with Gasteiger partial charge in [0, 0.05) is 12.8 Å². The summed E-state index contributed by atoms with van der Waals surface area (Å²) in [7, 11) is 1.16. The molecular formula is C67H118NO8P. The minimum absolute atomic E-state index is 0.0340. The Labute approximate surface area is 474 Å². The Morgan fingerprint density at radius 1 is 0.416 bits per heavy atom. The molecule has 0 saturated carbocycles. The summed E-state index contributed by atoms with van der Waals surface area (Å²) < 4.78 is 34.2. The van der Waals surface area contributed by atoms with Crippen molar-refractivity contribution in [3.05, 3.63) is 97.2 Å². The number of quaternary nitrogens is 1. The predicted molar refractivity (Wildman–Crippen MR) is 328 cm³/mol. The number of rotatable bonds is 57. The smallest absolute Gasteiger partial charge is 0.306 e. The molecule has 0 spiro atoms. The molecule has 444 valence electrons. The maximum atomic E-state index is 12.8. The van der Waals surface area contributed by atoms with Crippen LogP contribution in [-0.4, -0.2) is 70.0 Å². The molecule has 0 bridgehead atoms. The lowest BCUT2D eigenvalue weighted by Gasteiger charge is -2.28. The van der Waals surface area contributed by atoms with Gasteiger partial charge in [0.15, 0.2) is 6.10 Å². The number of nitrogens with zero attached hydrogens (tertiary/aromatic N) is 1. The second-order valence-corrected chi connectivity index (χ2v) is 23.5. The highest BCUT2D eigenvalue weighted by Gasteiger charge is 2.22. The van der Waals surface area contributed by atoms with Crippen LogP contribution in [0.2, 0.25) is 0 Å². The number of phosphoric ester groups is 1. The van der Waals surface area contributed by atoms with Gasteiger partial charge in [-0.05, 0) is 77.0 Å². The molecule has 0 saturated heterocycles. The lowest BCUT2D eigenvalue weighted by molar-refractivity contribution is -0.870. The lowest BCUT2D eigenvalue weighted by atomic mass is 10.0. The lowest BCUT2D eigenvalue weighted by Crippen LogP contribution is -2.37. The standard InChI is InChI=1S/C67H118NO8P/c1-6-8-10-12-14-16-18-20-22-24-26-27-28-29-30-31-32-33-34-35-36-37-38-39-40-41-42-44-46-48-50-52-54-56-58-60-67(70)76-65(64-75-77(71,72)74-62-61-68(3,4)5)63-73-66(69)59-57-55-53-51-49-47-45-43-25-23-21-19-17-15-13-11-9-7-2/h8,10,14,16,20,22,26-27,29-30,32-33,35-36,38-39,65H,6-7,9,11-13,15,17-19,21,23-25,28,31,34,37,40-64H2,1-5H3/b10-8-,16-14-,22-20-,27-26-,30-29-,33-32-,36-35-,39-38-. The average molecular weight is 1100 g/mol. The van der Waals surface area contributed by atoms with E-state index < -0.39 is 26.5 Å². The second-order valence-electron chi connectivity index (χ2n) is 22.0. The van der Waals surface area contributed by atoms with Crippen LogP contribution < -0.4 is 4.89 Å². The fraction of sp³-hybridized carbons (Fsp3) is 0.731. The SMILES string of the molecule is CC/C=C\C/C=C\C/C=C\C/C=C\C/C=C\C/C=C\C/C=C\C/C=C\CCCCCCCCCCCCC(=O)OC(COC(=O)CCCCCCCCCCCCCCCCCCCC)COP(=O)([O-])OCC[N+](C)(C)C. The first-order valence-electron chi connectivity index (χ1n) is 31.4. The summed E-state index contributed by atoms with van der Waals surface area (Å²) in [6.45, 7) is 4.14. The quantitative estimate of drug-likeness (QED) is 0.0195. The number of hydrogen-bond acceptors (Lipinski definition) is 8. The zero-order chi connectivity index (χ0) is 56.3. The van der Waals surface area contributed by atoms with E-state index in [0.717, 1.165) is 96.3 Å². The molecule has 0 amide bonds. The molecule has 77 heavy (non-hydrogen) atoms. The molecule has 0 heterocycles. The van der Waals surface area contributed by atoms with Crippen LogP contribution in [0.1, 0.15) is 264 Å². The molecule has 2 atom stereocenters. The fourth-order valence-corrected chi connectivity index (χ4v) is 9.28. The van der Waals surface area contributed by atoms with Gasteiger partial charge in [-0.1, -0.05) is 272 Å². The van der Waals surface area contributed by atoms with E-state index in [0.29, 0.717) is 17.4 Å². The van der Waals surface area contributed by atoms with Crippen LogP contribution in [0.15, 0.2) is 97.2 Å². The summed E-state index contributed by atoms with van der Waals surface area (Å²) in [6.07, 6.45) is 78.9. The molecule has 0 aromatic carbocycles. The Bertz CT molecular complexity index is 1620. The summed E-state index contributed by atoms with van der Waals surface area (Å²) in [5.74, 6) is -0.833.